The predicted octanol–water partition coefficient (Wildman–Crippen LogP) is 1.42. The Morgan fingerprint density at radius 3 is 2.40 bits per heavy atom. The maximum Gasteiger partial charge on any atom is 0.312 e. The van der Waals surface area contributed by atoms with Crippen LogP contribution in [-0.4, -0.2) is 83.6 Å². The van der Waals surface area contributed by atoms with Crippen molar-refractivity contribution in [1.29, 1.82) is 0 Å². The monoisotopic (exact) mass is 649 g/mol. The van der Waals surface area contributed by atoms with Gasteiger partial charge >= 0.3 is 6.03 Å². The molecule has 1 saturated heterocycles. The van der Waals surface area contributed by atoms with E-state index in [1.807, 2.05) is 0 Å². The zero-order chi connectivity index (χ0) is 34.2. The largest absolute Gasteiger partial charge is 0.463 e. The molecule has 1 aliphatic heterocycles. The van der Waals surface area contributed by atoms with Gasteiger partial charge in [0.1, 0.15) is 18.7 Å². The molecule has 0 bridgehead atoms. The van der Waals surface area contributed by atoms with Crippen LogP contribution in [-0.2, 0) is 40.1 Å². The second-order valence-corrected chi connectivity index (χ2v) is 12.0. The van der Waals surface area contributed by atoms with Crippen LogP contribution in [0.1, 0.15) is 65.7 Å². The topological polar surface area (TPSA) is 206 Å². The maximum atomic E-state index is 13.3. The van der Waals surface area contributed by atoms with Crippen LogP contribution in [0.25, 0.3) is 0 Å². The summed E-state index contributed by atoms with van der Waals surface area (Å²) in [6.07, 6.45) is 3.18. The molecule has 14 nitrogen and oxygen atoms in total. The number of benzene rings is 1. The van der Waals surface area contributed by atoms with Crippen molar-refractivity contribution in [3.05, 3.63) is 29.8 Å². The number of nitrogens with zero attached hydrogens (tertiary/aromatic N) is 1. The van der Waals surface area contributed by atoms with Crippen molar-refractivity contribution in [3.63, 3.8) is 0 Å². The van der Waals surface area contributed by atoms with Crippen molar-refractivity contribution in [1.82, 2.24) is 20.9 Å². The van der Waals surface area contributed by atoms with E-state index in [1.54, 1.807) is 44.4 Å². The van der Waals surface area contributed by atoms with Gasteiger partial charge in [-0.05, 0) is 55.6 Å². The minimum Gasteiger partial charge on any atom is -0.463 e. The van der Waals surface area contributed by atoms with Crippen molar-refractivity contribution >= 4 is 59.5 Å². The molecule has 248 valence electrons. The minimum absolute atomic E-state index is 0.0935. The Morgan fingerprint density at radius 2 is 1.80 bits per heavy atom. The first-order chi connectivity index (χ1) is 21.8. The molecular weight excluding hydrogens is 604 g/mol. The molecule has 0 aliphatic carbocycles. The summed E-state index contributed by atoms with van der Waals surface area (Å²) in [5, 5.41) is 10.3. The molecule has 1 aliphatic rings. The van der Waals surface area contributed by atoms with Gasteiger partial charge in [0.2, 0.25) is 29.5 Å². The number of rotatable bonds is 19. The number of ether oxygens (including phenoxy) is 1. The average Bonchev–Trinajstić information content (AvgIpc) is 3.28. The van der Waals surface area contributed by atoms with E-state index in [9.17, 15) is 33.6 Å². The number of anilines is 1. The fourth-order valence-corrected chi connectivity index (χ4v) is 5.30. The summed E-state index contributed by atoms with van der Waals surface area (Å²) >= 11 is 1.36. The number of hydrogen-bond donors (Lipinski definition) is 5. The smallest absolute Gasteiger partial charge is 0.312 e. The Kier molecular flexibility index (Phi) is 15.1. The molecule has 0 aromatic heterocycles. The first-order valence-corrected chi connectivity index (χ1v) is 16.1. The number of hydrogen-bond acceptors (Lipinski definition) is 9. The van der Waals surface area contributed by atoms with E-state index < -0.39 is 36.4 Å². The number of thioether (sulfide) groups is 1. The number of nitrogens with one attached hydrogen (secondary N) is 4. The first kappa shape index (κ1) is 35.3. The third kappa shape index (κ3) is 12.8. The highest BCUT2D eigenvalue weighted by molar-refractivity contribution is 8.00. The molecule has 3 atom stereocenters. The van der Waals surface area contributed by atoms with Crippen LogP contribution in [0.15, 0.2) is 24.3 Å². The van der Waals surface area contributed by atoms with E-state index in [2.05, 4.69) is 26.0 Å². The summed E-state index contributed by atoms with van der Waals surface area (Å²) in [7, 11) is 0. The van der Waals surface area contributed by atoms with E-state index in [-0.39, 0.29) is 61.3 Å². The number of nitrogens with two attached hydrogens (primary N) is 1. The number of unbranched alkanes of at least 4 members (excludes halogenated alkanes) is 2. The molecule has 2 rings (SSSR count). The average molecular weight is 650 g/mol. The Morgan fingerprint density at radius 1 is 1.09 bits per heavy atom. The second kappa shape index (κ2) is 19.3. The SMILES string of the molecule is [2H]C(=O)OCc1ccc(NC(=O)[C@H](CCCNC(N)=O)NC(=O)C(NC(=O)CCCCCN2C(=O)CC(SC)C2=O)C(C)C)cc1. The Bertz CT molecular complexity index is 1250. The lowest BCUT2D eigenvalue weighted by Gasteiger charge is -2.25. The highest BCUT2D eigenvalue weighted by atomic mass is 32.2. The highest BCUT2D eigenvalue weighted by Gasteiger charge is 2.37. The van der Waals surface area contributed by atoms with E-state index in [0.29, 0.717) is 43.5 Å². The Labute approximate surface area is 268 Å². The lowest BCUT2D eigenvalue weighted by atomic mass is 10.0. The van der Waals surface area contributed by atoms with Crippen LogP contribution < -0.4 is 27.0 Å². The van der Waals surface area contributed by atoms with Gasteiger partial charge in [0, 0.05) is 31.6 Å². The molecule has 7 amide bonds. The van der Waals surface area contributed by atoms with E-state index >= 15 is 0 Å². The number of amides is 7. The number of likely N-dealkylation sites (tertiary alicyclic amines) is 1. The van der Waals surface area contributed by atoms with Gasteiger partial charge in [-0.25, -0.2) is 4.79 Å². The maximum absolute atomic E-state index is 13.3. The van der Waals surface area contributed by atoms with E-state index in [4.69, 9.17) is 7.10 Å². The lowest BCUT2D eigenvalue weighted by Crippen LogP contribution is -2.54. The fraction of sp³-hybridized carbons (Fsp3) is 0.567. The molecule has 45 heavy (non-hydrogen) atoms. The fourth-order valence-electron chi connectivity index (χ4n) is 4.66. The summed E-state index contributed by atoms with van der Waals surface area (Å²) in [6, 6.07) is 3.74. The quantitative estimate of drug-likeness (QED) is 0.0833. The number of primary amides is 1. The normalized spacial score (nSPS) is 16.0. The summed E-state index contributed by atoms with van der Waals surface area (Å²) in [5.74, 6) is -2.05. The number of imide groups is 1. The third-order valence-corrected chi connectivity index (χ3v) is 8.10. The van der Waals surface area contributed by atoms with Gasteiger partial charge in [0.15, 0.2) is 1.37 Å². The van der Waals surface area contributed by atoms with Crippen LogP contribution in [0.4, 0.5) is 10.5 Å². The van der Waals surface area contributed by atoms with Gasteiger partial charge in [-0.2, -0.15) is 11.8 Å². The Balaban J connectivity index is 1.93. The molecule has 1 aromatic rings. The zero-order valence-electron chi connectivity index (χ0n) is 26.9. The molecule has 0 saturated carbocycles. The van der Waals surface area contributed by atoms with E-state index in [1.165, 1.54) is 16.7 Å². The van der Waals surface area contributed by atoms with Gasteiger partial charge in [0.25, 0.3) is 6.45 Å². The summed E-state index contributed by atoms with van der Waals surface area (Å²) in [4.78, 5) is 86.6. The van der Waals surface area contributed by atoms with Gasteiger partial charge in [0.05, 0.1) is 5.25 Å². The Hall–Kier alpha value is -4.14. The summed E-state index contributed by atoms with van der Waals surface area (Å²) in [6.45, 7) is 3.94. The van der Waals surface area contributed by atoms with Crippen LogP contribution in [0.5, 0.6) is 0 Å². The van der Waals surface area contributed by atoms with Crippen LogP contribution in [0.3, 0.4) is 0 Å². The van der Waals surface area contributed by atoms with Gasteiger partial charge in [-0.15, -0.1) is 0 Å². The molecule has 1 aromatic carbocycles. The predicted molar refractivity (Wildman–Crippen MR) is 169 cm³/mol. The number of urea groups is 1. The van der Waals surface area contributed by atoms with Gasteiger partial charge < -0.3 is 31.7 Å². The van der Waals surface area contributed by atoms with Crippen LogP contribution >= 0.6 is 11.8 Å². The summed E-state index contributed by atoms with van der Waals surface area (Å²) < 4.78 is 11.5. The number of carbonyl (C=O) groups is 7. The molecular formula is C30H44N6O8S. The molecule has 2 unspecified atom stereocenters. The molecule has 6 N–H and O–H groups in total. The van der Waals surface area contributed by atoms with Crippen molar-refractivity contribution in [2.75, 3.05) is 24.7 Å². The molecule has 0 radical (unpaired) electrons. The van der Waals surface area contributed by atoms with Crippen molar-refractivity contribution in [2.24, 2.45) is 11.7 Å². The van der Waals surface area contributed by atoms with Crippen molar-refractivity contribution in [2.45, 2.75) is 82.7 Å². The van der Waals surface area contributed by atoms with Crippen LogP contribution in [0, 0.1) is 5.92 Å². The standard InChI is InChI=1S/C30H44N6O8S/c1-19(2)26(35-24(38)9-5-4-6-15-36-25(39)16-23(45-3)29(36)42)28(41)34-22(8-7-14-32-30(31)43)27(40)33-21-12-10-20(11-13-21)17-44-18-37/h10-13,18-19,22-23,26H,4-9,14-17H2,1-3H3,(H,33,40)(H,34,41)(H,35,38)(H3,31,32,43)/t22-,23?,26?/m0/s1/i18D. The van der Waals surface area contributed by atoms with Crippen molar-refractivity contribution < 1.29 is 39.7 Å². The molecule has 1 heterocycles. The first-order valence-electron chi connectivity index (χ1n) is 15.4. The van der Waals surface area contributed by atoms with E-state index in [0.717, 1.165) is 0 Å². The number of carbonyl (C=O) groups excluding carboxylic acids is 7. The lowest BCUT2D eigenvalue weighted by molar-refractivity contribution is -0.138. The van der Waals surface area contributed by atoms with Gasteiger partial charge in [-0.1, -0.05) is 32.4 Å². The molecule has 0 spiro atoms. The molecule has 15 heteroatoms. The van der Waals surface area contributed by atoms with Crippen LogP contribution in [0.2, 0.25) is 0 Å². The minimum atomic E-state index is -1.16. The molecule has 1 fully saturated rings. The van der Waals surface area contributed by atoms with Crippen molar-refractivity contribution in [3.8, 4) is 0 Å². The third-order valence-electron chi connectivity index (χ3n) is 7.16. The van der Waals surface area contributed by atoms with Gasteiger partial charge in [-0.3, -0.25) is 33.7 Å². The highest BCUT2D eigenvalue weighted by Crippen LogP contribution is 2.23. The summed E-state index contributed by atoms with van der Waals surface area (Å²) in [5.41, 5.74) is 6.14. The second-order valence-electron chi connectivity index (χ2n) is 11.0. The zero-order valence-corrected chi connectivity index (χ0v) is 26.7.